The van der Waals surface area contributed by atoms with Crippen LogP contribution in [0.1, 0.15) is 23.6 Å². The maximum absolute atomic E-state index is 12.8. The standard InChI is InChI=1S/C26H27NO5/c1-18(28)24(26(29)32-17-19-7-5-4-6-8-19)27-25(20-9-13-22(30-2)14-10-20)21-11-15-23(31-3)16-12-21/h4-16,18,24,28H,17H2,1-3H3/t18-,24+/m1/s1. The van der Waals surface area contributed by atoms with Gasteiger partial charge in [-0.05, 0) is 61.0 Å². The number of carbonyl (C=O) groups excluding carboxylic acids is 1. The Bertz CT molecular complexity index is 979. The van der Waals surface area contributed by atoms with Gasteiger partial charge in [-0.25, -0.2) is 4.79 Å². The van der Waals surface area contributed by atoms with E-state index in [1.54, 1.807) is 14.2 Å². The Morgan fingerprint density at radius 2 is 1.34 bits per heavy atom. The van der Waals surface area contributed by atoms with Gasteiger partial charge < -0.3 is 19.3 Å². The first-order chi connectivity index (χ1) is 15.5. The highest BCUT2D eigenvalue weighted by Gasteiger charge is 2.26. The van der Waals surface area contributed by atoms with Crippen molar-refractivity contribution >= 4 is 11.7 Å². The van der Waals surface area contributed by atoms with E-state index >= 15 is 0 Å². The second-order valence-electron chi connectivity index (χ2n) is 7.21. The van der Waals surface area contributed by atoms with Gasteiger partial charge in [-0.3, -0.25) is 4.99 Å². The number of nitrogens with zero attached hydrogens (tertiary/aromatic N) is 1. The van der Waals surface area contributed by atoms with Gasteiger partial charge in [0.05, 0.1) is 26.0 Å². The largest absolute Gasteiger partial charge is 0.497 e. The molecule has 0 saturated heterocycles. The number of ether oxygens (including phenoxy) is 3. The number of aliphatic imine (C=N–C) groups is 1. The van der Waals surface area contributed by atoms with E-state index in [0.29, 0.717) is 17.2 Å². The minimum atomic E-state index is -1.09. The van der Waals surface area contributed by atoms with E-state index in [0.717, 1.165) is 16.7 Å². The van der Waals surface area contributed by atoms with Crippen LogP contribution in [0.3, 0.4) is 0 Å². The fraction of sp³-hybridized carbons (Fsp3) is 0.231. The molecule has 0 spiro atoms. The predicted octanol–water partition coefficient (Wildman–Crippen LogP) is 4.03. The van der Waals surface area contributed by atoms with Crippen LogP contribution in [-0.2, 0) is 16.1 Å². The molecule has 6 heteroatoms. The number of aliphatic hydroxyl groups excluding tert-OH is 1. The van der Waals surface area contributed by atoms with Crippen LogP contribution < -0.4 is 9.47 Å². The normalized spacial score (nSPS) is 12.4. The second-order valence-corrected chi connectivity index (χ2v) is 7.21. The molecule has 0 aliphatic heterocycles. The molecule has 3 rings (SSSR count). The number of hydrogen-bond acceptors (Lipinski definition) is 6. The number of rotatable bonds is 9. The molecule has 2 atom stereocenters. The molecule has 32 heavy (non-hydrogen) atoms. The summed E-state index contributed by atoms with van der Waals surface area (Å²) in [4.78, 5) is 17.5. The molecular formula is C26H27NO5. The summed E-state index contributed by atoms with van der Waals surface area (Å²) in [5.41, 5.74) is 2.97. The minimum absolute atomic E-state index is 0.110. The van der Waals surface area contributed by atoms with E-state index in [9.17, 15) is 9.90 Å². The monoisotopic (exact) mass is 433 g/mol. The van der Waals surface area contributed by atoms with E-state index in [-0.39, 0.29) is 6.61 Å². The lowest BCUT2D eigenvalue weighted by Gasteiger charge is -2.18. The average molecular weight is 434 g/mol. The van der Waals surface area contributed by atoms with Gasteiger partial charge in [0.2, 0.25) is 0 Å². The smallest absolute Gasteiger partial charge is 0.333 e. The molecule has 6 nitrogen and oxygen atoms in total. The Balaban J connectivity index is 1.94. The van der Waals surface area contributed by atoms with Crippen LogP contribution in [-0.4, -0.2) is 43.2 Å². The van der Waals surface area contributed by atoms with E-state index in [1.165, 1.54) is 6.92 Å². The third kappa shape index (κ3) is 5.95. The number of carbonyl (C=O) groups is 1. The molecule has 0 aliphatic carbocycles. The summed E-state index contributed by atoms with van der Waals surface area (Å²) in [6, 6.07) is 23.0. The third-order valence-corrected chi connectivity index (χ3v) is 4.92. The van der Waals surface area contributed by atoms with Gasteiger partial charge in [-0.1, -0.05) is 30.3 Å². The van der Waals surface area contributed by atoms with Crippen molar-refractivity contribution in [2.45, 2.75) is 25.7 Å². The van der Waals surface area contributed by atoms with Crippen molar-refractivity contribution in [2.24, 2.45) is 4.99 Å². The van der Waals surface area contributed by atoms with Crippen molar-refractivity contribution in [3.05, 3.63) is 95.6 Å². The number of hydrogen-bond donors (Lipinski definition) is 1. The van der Waals surface area contributed by atoms with Crippen LogP contribution in [0.25, 0.3) is 0 Å². The number of benzene rings is 3. The summed E-state index contributed by atoms with van der Waals surface area (Å²) in [6.45, 7) is 1.64. The van der Waals surface area contributed by atoms with Gasteiger partial charge in [0.1, 0.15) is 18.1 Å². The molecule has 0 saturated carbocycles. The van der Waals surface area contributed by atoms with Crippen molar-refractivity contribution in [1.82, 2.24) is 0 Å². The van der Waals surface area contributed by atoms with Crippen LogP contribution in [0.15, 0.2) is 83.9 Å². The first-order valence-corrected chi connectivity index (χ1v) is 10.3. The molecule has 0 aliphatic rings. The first-order valence-electron chi connectivity index (χ1n) is 10.3. The van der Waals surface area contributed by atoms with Gasteiger partial charge in [0.25, 0.3) is 0 Å². The van der Waals surface area contributed by atoms with Crippen molar-refractivity contribution in [2.75, 3.05) is 14.2 Å². The van der Waals surface area contributed by atoms with Crippen molar-refractivity contribution in [3.8, 4) is 11.5 Å². The predicted molar refractivity (Wildman–Crippen MR) is 123 cm³/mol. The molecule has 0 unspecified atom stereocenters. The molecule has 3 aromatic carbocycles. The van der Waals surface area contributed by atoms with Gasteiger partial charge in [0.15, 0.2) is 6.04 Å². The highest BCUT2D eigenvalue weighted by molar-refractivity contribution is 6.13. The first kappa shape index (κ1) is 23.0. The topological polar surface area (TPSA) is 77.4 Å². The quantitative estimate of drug-likeness (QED) is 0.407. The second kappa shape index (κ2) is 11.1. The highest BCUT2D eigenvalue weighted by Crippen LogP contribution is 2.20. The lowest BCUT2D eigenvalue weighted by molar-refractivity contribution is -0.148. The summed E-state index contributed by atoms with van der Waals surface area (Å²) in [7, 11) is 3.19. The summed E-state index contributed by atoms with van der Waals surface area (Å²) in [6.07, 6.45) is -1.04. The molecule has 0 fully saturated rings. The zero-order valence-electron chi connectivity index (χ0n) is 18.4. The molecule has 0 bridgehead atoms. The zero-order chi connectivity index (χ0) is 22.9. The number of methoxy groups -OCH3 is 2. The fourth-order valence-corrected chi connectivity index (χ4v) is 3.12. The molecule has 0 aromatic heterocycles. The summed E-state index contributed by atoms with van der Waals surface area (Å²) >= 11 is 0. The Morgan fingerprint density at radius 1 is 0.844 bits per heavy atom. The number of esters is 1. The van der Waals surface area contributed by atoms with Gasteiger partial charge >= 0.3 is 5.97 Å². The van der Waals surface area contributed by atoms with Gasteiger partial charge in [-0.2, -0.15) is 0 Å². The lowest BCUT2D eigenvalue weighted by atomic mass is 10.0. The molecular weight excluding hydrogens is 406 g/mol. The maximum atomic E-state index is 12.8. The third-order valence-electron chi connectivity index (χ3n) is 4.92. The van der Waals surface area contributed by atoms with Crippen LogP contribution in [0, 0.1) is 0 Å². The van der Waals surface area contributed by atoms with Crippen molar-refractivity contribution in [1.29, 1.82) is 0 Å². The van der Waals surface area contributed by atoms with E-state index < -0.39 is 18.1 Å². The van der Waals surface area contributed by atoms with Crippen molar-refractivity contribution < 1.29 is 24.1 Å². The molecule has 0 heterocycles. The van der Waals surface area contributed by atoms with Crippen LogP contribution in [0.4, 0.5) is 0 Å². The molecule has 0 radical (unpaired) electrons. The van der Waals surface area contributed by atoms with E-state index in [1.807, 2.05) is 78.9 Å². The highest BCUT2D eigenvalue weighted by atomic mass is 16.5. The minimum Gasteiger partial charge on any atom is -0.497 e. The molecule has 1 N–H and O–H groups in total. The van der Waals surface area contributed by atoms with E-state index in [2.05, 4.69) is 4.99 Å². The van der Waals surface area contributed by atoms with Gasteiger partial charge in [0, 0.05) is 11.1 Å². The molecule has 0 amide bonds. The Labute approximate surface area is 188 Å². The van der Waals surface area contributed by atoms with Crippen LogP contribution >= 0.6 is 0 Å². The lowest BCUT2D eigenvalue weighted by Crippen LogP contribution is -2.33. The zero-order valence-corrected chi connectivity index (χ0v) is 18.4. The fourth-order valence-electron chi connectivity index (χ4n) is 3.12. The van der Waals surface area contributed by atoms with Crippen molar-refractivity contribution in [3.63, 3.8) is 0 Å². The van der Waals surface area contributed by atoms with Gasteiger partial charge in [-0.15, -0.1) is 0 Å². The maximum Gasteiger partial charge on any atom is 0.333 e. The SMILES string of the molecule is COc1ccc(C(=N[C@H](C(=O)OCc2ccccc2)[C@@H](C)O)c2ccc(OC)cc2)cc1. The van der Waals surface area contributed by atoms with Crippen LogP contribution in [0.5, 0.6) is 11.5 Å². The summed E-state index contributed by atoms with van der Waals surface area (Å²) in [5, 5.41) is 10.3. The Morgan fingerprint density at radius 3 is 1.78 bits per heavy atom. The number of aliphatic hydroxyl groups is 1. The molecule has 3 aromatic rings. The average Bonchev–Trinajstić information content (AvgIpc) is 2.84. The summed E-state index contributed by atoms with van der Waals surface area (Å²) in [5.74, 6) is 0.817. The van der Waals surface area contributed by atoms with Crippen LogP contribution in [0.2, 0.25) is 0 Å². The Kier molecular flexibility index (Phi) is 8.00. The molecule has 166 valence electrons. The summed E-state index contributed by atoms with van der Waals surface area (Å²) < 4.78 is 15.9. The Hall–Kier alpha value is -3.64. The van der Waals surface area contributed by atoms with E-state index in [4.69, 9.17) is 14.2 Å².